The van der Waals surface area contributed by atoms with Crippen molar-refractivity contribution in [2.45, 2.75) is 52.7 Å². The minimum absolute atomic E-state index is 0.0790. The third-order valence-electron chi connectivity index (χ3n) is 5.08. The van der Waals surface area contributed by atoms with Gasteiger partial charge in [0.1, 0.15) is 12.6 Å². The highest BCUT2D eigenvalue weighted by Gasteiger charge is 2.32. The van der Waals surface area contributed by atoms with Gasteiger partial charge in [0.15, 0.2) is 0 Å². The van der Waals surface area contributed by atoms with E-state index in [1.807, 2.05) is 57.2 Å². The summed E-state index contributed by atoms with van der Waals surface area (Å²) in [6.45, 7) is 7.17. The summed E-state index contributed by atoms with van der Waals surface area (Å²) in [6, 6.07) is 15.6. The van der Waals surface area contributed by atoms with Crippen molar-refractivity contribution in [2.75, 3.05) is 17.1 Å². The molecule has 8 heteroatoms. The summed E-state index contributed by atoms with van der Waals surface area (Å²) in [6.07, 6.45) is 1.48. The zero-order valence-electron chi connectivity index (χ0n) is 19.4. The molecule has 174 valence electrons. The monoisotopic (exact) mass is 459 g/mol. The van der Waals surface area contributed by atoms with Gasteiger partial charge in [0, 0.05) is 12.6 Å². The van der Waals surface area contributed by atoms with E-state index in [0.29, 0.717) is 12.1 Å². The standard InChI is InChI=1S/C24H33N3O4S/c1-6-21(24(29)25-18(2)3)26(16-20-13-8-7-9-14-20)23(28)17-27(32(5,30)31)22-15-11-10-12-19(22)4/h7-15,18,21H,6,16-17H2,1-5H3,(H,25,29)/t21-/m0/s1. The maximum absolute atomic E-state index is 13.5. The summed E-state index contributed by atoms with van der Waals surface area (Å²) in [5.41, 5.74) is 2.05. The maximum Gasteiger partial charge on any atom is 0.244 e. The zero-order chi connectivity index (χ0) is 23.9. The Balaban J connectivity index is 2.43. The van der Waals surface area contributed by atoms with Crippen molar-refractivity contribution < 1.29 is 18.0 Å². The van der Waals surface area contributed by atoms with Gasteiger partial charge in [-0.2, -0.15) is 0 Å². The summed E-state index contributed by atoms with van der Waals surface area (Å²) in [4.78, 5) is 27.9. The lowest BCUT2D eigenvalue weighted by Crippen LogP contribution is -2.53. The minimum atomic E-state index is -3.73. The first-order valence-corrected chi connectivity index (χ1v) is 12.6. The largest absolute Gasteiger partial charge is 0.352 e. The van der Waals surface area contributed by atoms with E-state index in [0.717, 1.165) is 21.7 Å². The van der Waals surface area contributed by atoms with Crippen LogP contribution in [0, 0.1) is 6.92 Å². The quantitative estimate of drug-likeness (QED) is 0.592. The smallest absolute Gasteiger partial charge is 0.244 e. The van der Waals surface area contributed by atoms with Crippen LogP contribution in [0.2, 0.25) is 0 Å². The molecule has 0 heterocycles. The molecule has 2 amide bonds. The van der Waals surface area contributed by atoms with Gasteiger partial charge in [-0.1, -0.05) is 55.5 Å². The van der Waals surface area contributed by atoms with E-state index < -0.39 is 22.0 Å². The van der Waals surface area contributed by atoms with Crippen molar-refractivity contribution >= 4 is 27.5 Å². The lowest BCUT2D eigenvalue weighted by Gasteiger charge is -2.33. The first-order valence-electron chi connectivity index (χ1n) is 10.7. The summed E-state index contributed by atoms with van der Waals surface area (Å²) in [5.74, 6) is -0.693. The number of anilines is 1. The van der Waals surface area contributed by atoms with Crippen molar-refractivity contribution in [3.05, 3.63) is 65.7 Å². The molecule has 1 N–H and O–H groups in total. The lowest BCUT2D eigenvalue weighted by molar-refractivity contribution is -0.140. The van der Waals surface area contributed by atoms with Crippen LogP contribution in [0.1, 0.15) is 38.3 Å². The Bertz CT molecular complexity index is 1020. The van der Waals surface area contributed by atoms with E-state index in [1.165, 1.54) is 4.90 Å². The molecule has 0 aliphatic rings. The van der Waals surface area contributed by atoms with Gasteiger partial charge in [-0.3, -0.25) is 13.9 Å². The number of amides is 2. The second-order valence-corrected chi connectivity index (χ2v) is 10.1. The number of hydrogen-bond donors (Lipinski definition) is 1. The highest BCUT2D eigenvalue weighted by Crippen LogP contribution is 2.23. The van der Waals surface area contributed by atoms with Crippen LogP contribution in [-0.4, -0.2) is 50.0 Å². The third kappa shape index (κ3) is 6.82. The van der Waals surface area contributed by atoms with Crippen LogP contribution in [0.15, 0.2) is 54.6 Å². The van der Waals surface area contributed by atoms with E-state index in [9.17, 15) is 18.0 Å². The molecule has 0 aromatic heterocycles. The van der Waals surface area contributed by atoms with Crippen molar-refractivity contribution in [3.63, 3.8) is 0 Å². The number of aryl methyl sites for hydroxylation is 1. The van der Waals surface area contributed by atoms with Crippen LogP contribution in [0.5, 0.6) is 0 Å². The predicted molar refractivity (Wildman–Crippen MR) is 128 cm³/mol. The fourth-order valence-electron chi connectivity index (χ4n) is 3.52. The molecule has 2 rings (SSSR count). The van der Waals surface area contributed by atoms with Crippen molar-refractivity contribution in [1.82, 2.24) is 10.2 Å². The molecule has 2 aromatic carbocycles. The van der Waals surface area contributed by atoms with Crippen LogP contribution in [-0.2, 0) is 26.2 Å². The molecule has 0 unspecified atom stereocenters. The van der Waals surface area contributed by atoms with Gasteiger partial charge >= 0.3 is 0 Å². The topological polar surface area (TPSA) is 86.8 Å². The molecule has 0 saturated heterocycles. The Morgan fingerprint density at radius 2 is 1.59 bits per heavy atom. The molecule has 0 aliphatic heterocycles. The first-order chi connectivity index (χ1) is 15.0. The molecule has 0 fully saturated rings. The molecule has 0 saturated carbocycles. The average Bonchev–Trinajstić information content (AvgIpc) is 2.71. The fourth-order valence-corrected chi connectivity index (χ4v) is 4.43. The van der Waals surface area contributed by atoms with Gasteiger partial charge < -0.3 is 10.2 Å². The molecule has 32 heavy (non-hydrogen) atoms. The number of hydrogen-bond acceptors (Lipinski definition) is 4. The molecular weight excluding hydrogens is 426 g/mol. The van der Waals surface area contributed by atoms with Gasteiger partial charge in [0.25, 0.3) is 0 Å². The molecule has 0 spiro atoms. The highest BCUT2D eigenvalue weighted by atomic mass is 32.2. The van der Waals surface area contributed by atoms with Gasteiger partial charge in [-0.25, -0.2) is 8.42 Å². The number of nitrogens with zero attached hydrogens (tertiary/aromatic N) is 2. The zero-order valence-corrected chi connectivity index (χ0v) is 20.2. The number of carbonyl (C=O) groups excluding carboxylic acids is 2. The molecular formula is C24H33N3O4S. The molecule has 2 aromatic rings. The number of sulfonamides is 1. The Morgan fingerprint density at radius 3 is 2.12 bits per heavy atom. The summed E-state index contributed by atoms with van der Waals surface area (Å²) in [7, 11) is -3.73. The average molecular weight is 460 g/mol. The molecule has 0 bridgehead atoms. The minimum Gasteiger partial charge on any atom is -0.352 e. The Morgan fingerprint density at radius 1 is 1.00 bits per heavy atom. The summed E-state index contributed by atoms with van der Waals surface area (Å²) < 4.78 is 26.3. The second kappa shape index (κ2) is 11.1. The van der Waals surface area contributed by atoms with Crippen molar-refractivity contribution in [3.8, 4) is 0 Å². The van der Waals surface area contributed by atoms with E-state index in [-0.39, 0.29) is 25.0 Å². The molecule has 7 nitrogen and oxygen atoms in total. The number of carbonyl (C=O) groups is 2. The van der Waals surface area contributed by atoms with Crippen LogP contribution < -0.4 is 9.62 Å². The van der Waals surface area contributed by atoms with Gasteiger partial charge in [0.05, 0.1) is 11.9 Å². The molecule has 0 aliphatic carbocycles. The van der Waals surface area contributed by atoms with Crippen LogP contribution in [0.3, 0.4) is 0 Å². The Labute approximate surface area is 191 Å². The first kappa shape index (κ1) is 25.4. The van der Waals surface area contributed by atoms with Gasteiger partial charge in [-0.15, -0.1) is 0 Å². The van der Waals surface area contributed by atoms with Crippen LogP contribution >= 0.6 is 0 Å². The molecule has 0 radical (unpaired) electrons. The van der Waals surface area contributed by atoms with E-state index in [4.69, 9.17) is 0 Å². The van der Waals surface area contributed by atoms with Gasteiger partial charge in [-0.05, 0) is 44.4 Å². The summed E-state index contributed by atoms with van der Waals surface area (Å²) >= 11 is 0. The fraction of sp³-hybridized carbons (Fsp3) is 0.417. The number of para-hydroxylation sites is 1. The SMILES string of the molecule is CC[C@@H](C(=O)NC(C)C)N(Cc1ccccc1)C(=O)CN(c1ccccc1C)S(C)(=O)=O. The second-order valence-electron chi connectivity index (χ2n) is 8.15. The number of rotatable bonds is 10. The third-order valence-corrected chi connectivity index (χ3v) is 6.20. The number of nitrogens with one attached hydrogen (secondary N) is 1. The van der Waals surface area contributed by atoms with E-state index >= 15 is 0 Å². The van der Waals surface area contributed by atoms with E-state index in [2.05, 4.69) is 5.32 Å². The normalized spacial score (nSPS) is 12.3. The van der Waals surface area contributed by atoms with Crippen molar-refractivity contribution in [1.29, 1.82) is 0 Å². The highest BCUT2D eigenvalue weighted by molar-refractivity contribution is 7.92. The van der Waals surface area contributed by atoms with Crippen LogP contribution in [0.25, 0.3) is 0 Å². The number of benzene rings is 2. The van der Waals surface area contributed by atoms with Crippen LogP contribution in [0.4, 0.5) is 5.69 Å². The van der Waals surface area contributed by atoms with E-state index in [1.54, 1.807) is 25.1 Å². The predicted octanol–water partition coefficient (Wildman–Crippen LogP) is 3.09. The maximum atomic E-state index is 13.5. The van der Waals surface area contributed by atoms with Crippen molar-refractivity contribution in [2.24, 2.45) is 0 Å². The Hall–Kier alpha value is -2.87. The van der Waals surface area contributed by atoms with Gasteiger partial charge in [0.2, 0.25) is 21.8 Å². The Kier molecular flexibility index (Phi) is 8.83. The summed E-state index contributed by atoms with van der Waals surface area (Å²) in [5, 5.41) is 2.87. The molecule has 1 atom stereocenters. The lowest BCUT2D eigenvalue weighted by atomic mass is 10.1.